The van der Waals surface area contributed by atoms with Crippen molar-refractivity contribution in [2.45, 2.75) is 6.92 Å². The summed E-state index contributed by atoms with van der Waals surface area (Å²) in [6, 6.07) is 18.4. The Morgan fingerprint density at radius 1 is 0.931 bits per heavy atom. The van der Waals surface area contributed by atoms with Crippen LogP contribution in [0.1, 0.15) is 15.9 Å². The van der Waals surface area contributed by atoms with Crippen LogP contribution in [0.5, 0.6) is 11.5 Å². The molecule has 0 atom stereocenters. The van der Waals surface area contributed by atoms with Gasteiger partial charge in [0.15, 0.2) is 6.61 Å². The van der Waals surface area contributed by atoms with E-state index in [0.717, 1.165) is 5.56 Å². The highest BCUT2D eigenvalue weighted by Gasteiger charge is 2.11. The number of hydrogen-bond donors (Lipinski definition) is 1. The number of carbonyl (C=O) groups is 2. The van der Waals surface area contributed by atoms with E-state index < -0.39 is 5.97 Å². The standard InChI is InChI=1S/C22H17Cl2NO4/c1-14-2-7-17(8-3-14)25-22(27)15-4-9-18(10-5-15)29-21(26)13-28-20-12-16(23)6-11-19(20)24/h2-12H,13H2,1H3,(H,25,27). The molecule has 0 fully saturated rings. The van der Waals surface area contributed by atoms with Crippen molar-refractivity contribution in [2.24, 2.45) is 0 Å². The van der Waals surface area contributed by atoms with E-state index in [1.54, 1.807) is 24.3 Å². The lowest BCUT2D eigenvalue weighted by atomic mass is 10.2. The van der Waals surface area contributed by atoms with E-state index >= 15 is 0 Å². The van der Waals surface area contributed by atoms with Crippen molar-refractivity contribution in [1.29, 1.82) is 0 Å². The number of rotatable bonds is 6. The maximum Gasteiger partial charge on any atom is 0.349 e. The van der Waals surface area contributed by atoms with Crippen molar-refractivity contribution < 1.29 is 19.1 Å². The Labute approximate surface area is 178 Å². The van der Waals surface area contributed by atoms with E-state index in [9.17, 15) is 9.59 Å². The zero-order valence-electron chi connectivity index (χ0n) is 15.4. The van der Waals surface area contributed by atoms with E-state index in [2.05, 4.69) is 5.32 Å². The molecular weight excluding hydrogens is 413 g/mol. The van der Waals surface area contributed by atoms with Crippen molar-refractivity contribution in [3.05, 3.63) is 87.9 Å². The predicted molar refractivity (Wildman–Crippen MR) is 113 cm³/mol. The summed E-state index contributed by atoms with van der Waals surface area (Å²) in [6.45, 7) is 1.63. The summed E-state index contributed by atoms with van der Waals surface area (Å²) < 4.78 is 10.5. The zero-order chi connectivity index (χ0) is 20.8. The second-order valence-electron chi connectivity index (χ2n) is 6.18. The molecule has 1 N–H and O–H groups in total. The third-order valence-electron chi connectivity index (χ3n) is 3.90. The van der Waals surface area contributed by atoms with Gasteiger partial charge < -0.3 is 14.8 Å². The molecule has 0 spiro atoms. The van der Waals surface area contributed by atoms with Crippen molar-refractivity contribution in [3.8, 4) is 11.5 Å². The molecule has 1 amide bonds. The number of esters is 1. The lowest BCUT2D eigenvalue weighted by molar-refractivity contribution is -0.136. The number of anilines is 1. The van der Waals surface area contributed by atoms with Gasteiger partial charge in [0.2, 0.25) is 0 Å². The number of amides is 1. The first-order chi connectivity index (χ1) is 13.9. The van der Waals surface area contributed by atoms with Gasteiger partial charge in [-0.1, -0.05) is 40.9 Å². The first-order valence-corrected chi connectivity index (χ1v) is 9.43. The monoisotopic (exact) mass is 429 g/mol. The van der Waals surface area contributed by atoms with E-state index in [-0.39, 0.29) is 12.5 Å². The van der Waals surface area contributed by atoms with Crippen LogP contribution in [-0.2, 0) is 4.79 Å². The summed E-state index contributed by atoms with van der Waals surface area (Å²) in [4.78, 5) is 24.3. The number of halogens is 2. The summed E-state index contributed by atoms with van der Waals surface area (Å²) in [7, 11) is 0. The number of hydrogen-bond acceptors (Lipinski definition) is 4. The van der Waals surface area contributed by atoms with Gasteiger partial charge in [0.1, 0.15) is 11.5 Å². The number of benzene rings is 3. The lowest BCUT2D eigenvalue weighted by Gasteiger charge is -2.09. The molecule has 0 aliphatic rings. The first-order valence-electron chi connectivity index (χ1n) is 8.67. The highest BCUT2D eigenvalue weighted by molar-refractivity contribution is 6.34. The minimum absolute atomic E-state index is 0.259. The van der Waals surface area contributed by atoms with Crippen molar-refractivity contribution in [3.63, 3.8) is 0 Å². The van der Waals surface area contributed by atoms with Gasteiger partial charge in [-0.05, 0) is 55.5 Å². The van der Waals surface area contributed by atoms with E-state index in [4.69, 9.17) is 32.7 Å². The minimum atomic E-state index is -0.613. The number of ether oxygens (including phenoxy) is 2. The van der Waals surface area contributed by atoms with Gasteiger partial charge in [0, 0.05) is 22.3 Å². The zero-order valence-corrected chi connectivity index (χ0v) is 17.0. The Bertz CT molecular complexity index is 1020. The third-order valence-corrected chi connectivity index (χ3v) is 4.44. The molecule has 3 aromatic carbocycles. The van der Waals surface area contributed by atoms with Crippen molar-refractivity contribution in [1.82, 2.24) is 0 Å². The van der Waals surface area contributed by atoms with Gasteiger partial charge in [0.05, 0.1) is 5.02 Å². The molecule has 0 saturated carbocycles. The molecule has 148 valence electrons. The van der Waals surface area contributed by atoms with Crippen LogP contribution >= 0.6 is 23.2 Å². The average molecular weight is 430 g/mol. The van der Waals surface area contributed by atoms with E-state index in [1.165, 1.54) is 18.2 Å². The topological polar surface area (TPSA) is 64.6 Å². The molecule has 5 nitrogen and oxygen atoms in total. The average Bonchev–Trinajstić information content (AvgIpc) is 2.71. The highest BCUT2D eigenvalue weighted by Crippen LogP contribution is 2.27. The van der Waals surface area contributed by atoms with Crippen LogP contribution < -0.4 is 14.8 Å². The molecule has 29 heavy (non-hydrogen) atoms. The second kappa shape index (κ2) is 9.45. The summed E-state index contributed by atoms with van der Waals surface area (Å²) in [5, 5.41) is 3.58. The highest BCUT2D eigenvalue weighted by atomic mass is 35.5. The SMILES string of the molecule is Cc1ccc(NC(=O)c2ccc(OC(=O)COc3cc(Cl)ccc3Cl)cc2)cc1. The molecule has 0 bridgehead atoms. The predicted octanol–water partition coefficient (Wildman–Crippen LogP) is 5.54. The smallest absolute Gasteiger partial charge is 0.349 e. The van der Waals surface area contributed by atoms with Crippen molar-refractivity contribution in [2.75, 3.05) is 11.9 Å². The normalized spacial score (nSPS) is 10.3. The molecular formula is C22H17Cl2NO4. The number of aryl methyl sites for hydroxylation is 1. The minimum Gasteiger partial charge on any atom is -0.480 e. The fraction of sp³-hybridized carbons (Fsp3) is 0.0909. The first kappa shape index (κ1) is 20.7. The number of nitrogens with one attached hydrogen (secondary N) is 1. The van der Waals surface area contributed by atoms with Gasteiger partial charge in [0.25, 0.3) is 5.91 Å². The summed E-state index contributed by atoms with van der Waals surface area (Å²) >= 11 is 11.9. The fourth-order valence-electron chi connectivity index (χ4n) is 2.40. The maximum absolute atomic E-state index is 12.3. The van der Waals surface area contributed by atoms with Gasteiger partial charge in [-0.25, -0.2) is 4.79 Å². The molecule has 7 heteroatoms. The van der Waals surface area contributed by atoms with Gasteiger partial charge >= 0.3 is 5.97 Å². The van der Waals surface area contributed by atoms with Crippen LogP contribution in [0.2, 0.25) is 10.0 Å². The van der Waals surface area contributed by atoms with Crippen LogP contribution in [0.25, 0.3) is 0 Å². The fourth-order valence-corrected chi connectivity index (χ4v) is 2.73. The van der Waals surface area contributed by atoms with Gasteiger partial charge in [-0.15, -0.1) is 0 Å². The van der Waals surface area contributed by atoms with Crippen LogP contribution in [0.4, 0.5) is 5.69 Å². The quantitative estimate of drug-likeness (QED) is 0.412. The summed E-state index contributed by atoms with van der Waals surface area (Å²) in [5.74, 6) is -0.287. The van der Waals surface area contributed by atoms with E-state index in [1.807, 2.05) is 31.2 Å². The number of carbonyl (C=O) groups excluding carboxylic acids is 2. The van der Waals surface area contributed by atoms with Crippen LogP contribution in [0, 0.1) is 6.92 Å². The second-order valence-corrected chi connectivity index (χ2v) is 7.03. The molecule has 0 radical (unpaired) electrons. The Morgan fingerprint density at radius 2 is 1.62 bits per heavy atom. The maximum atomic E-state index is 12.3. The molecule has 3 aromatic rings. The van der Waals surface area contributed by atoms with Crippen LogP contribution in [-0.4, -0.2) is 18.5 Å². The molecule has 3 rings (SSSR count). The van der Waals surface area contributed by atoms with Gasteiger partial charge in [-0.3, -0.25) is 4.79 Å². The largest absolute Gasteiger partial charge is 0.480 e. The molecule has 0 unspecified atom stereocenters. The van der Waals surface area contributed by atoms with E-state index in [0.29, 0.717) is 32.8 Å². The molecule has 0 saturated heterocycles. The Kier molecular flexibility index (Phi) is 6.75. The Hall–Kier alpha value is -3.02. The lowest BCUT2D eigenvalue weighted by Crippen LogP contribution is -2.18. The van der Waals surface area contributed by atoms with Crippen LogP contribution in [0.15, 0.2) is 66.7 Å². The van der Waals surface area contributed by atoms with Crippen molar-refractivity contribution >= 4 is 40.8 Å². The molecule has 0 aromatic heterocycles. The summed E-state index contributed by atoms with van der Waals surface area (Å²) in [6.07, 6.45) is 0. The third kappa shape index (κ3) is 5.98. The molecule has 0 aliphatic heterocycles. The molecule has 0 heterocycles. The van der Waals surface area contributed by atoms with Gasteiger partial charge in [-0.2, -0.15) is 0 Å². The Balaban J connectivity index is 1.54. The Morgan fingerprint density at radius 3 is 2.31 bits per heavy atom. The molecule has 0 aliphatic carbocycles. The van der Waals surface area contributed by atoms with Crippen LogP contribution in [0.3, 0.4) is 0 Å². The summed E-state index contributed by atoms with van der Waals surface area (Å²) in [5.41, 5.74) is 2.25.